The van der Waals surface area contributed by atoms with Crippen LogP contribution in [0.1, 0.15) is 12.0 Å². The van der Waals surface area contributed by atoms with Gasteiger partial charge >= 0.3 is 6.03 Å². The number of fused-ring (bicyclic) bond motifs is 2. The van der Waals surface area contributed by atoms with Crippen LogP contribution in [0, 0.1) is 0 Å². The number of hydrogen-bond acceptors (Lipinski definition) is 4. The Morgan fingerprint density at radius 3 is 2.52 bits per heavy atom. The maximum atomic E-state index is 12.7. The summed E-state index contributed by atoms with van der Waals surface area (Å²) in [4.78, 5) is 27.1. The quantitative estimate of drug-likeness (QED) is 0.874. The normalized spacial score (nSPS) is 20.4. The summed E-state index contributed by atoms with van der Waals surface area (Å²) >= 11 is 0. The van der Waals surface area contributed by atoms with E-state index in [-0.39, 0.29) is 11.9 Å². The van der Waals surface area contributed by atoms with Crippen LogP contribution in [-0.4, -0.2) is 44.1 Å². The van der Waals surface area contributed by atoms with E-state index in [2.05, 4.69) is 10.6 Å². The summed E-state index contributed by atoms with van der Waals surface area (Å²) in [6.45, 7) is 0.840. The SMILES string of the molecule is COc1ccc(NC(=O)N2CC[C@]3(C2)C(=O)Nc2ccc(OC)cc23)cc1. The van der Waals surface area contributed by atoms with Gasteiger partial charge in [-0.1, -0.05) is 0 Å². The number of methoxy groups -OCH3 is 2. The van der Waals surface area contributed by atoms with Crippen LogP contribution in [-0.2, 0) is 10.2 Å². The van der Waals surface area contributed by atoms with E-state index in [9.17, 15) is 9.59 Å². The molecule has 2 N–H and O–H groups in total. The van der Waals surface area contributed by atoms with Gasteiger partial charge in [0.2, 0.25) is 5.91 Å². The highest BCUT2D eigenvalue weighted by Gasteiger charge is 2.52. The lowest BCUT2D eigenvalue weighted by molar-refractivity contribution is -0.120. The lowest BCUT2D eigenvalue weighted by Gasteiger charge is -2.23. The van der Waals surface area contributed by atoms with Crippen LogP contribution in [0.3, 0.4) is 0 Å². The summed E-state index contributed by atoms with van der Waals surface area (Å²) in [5.41, 5.74) is 1.64. The Bertz CT molecular complexity index is 897. The minimum atomic E-state index is -0.721. The molecule has 4 rings (SSSR count). The van der Waals surface area contributed by atoms with Gasteiger partial charge in [0.05, 0.1) is 19.6 Å². The van der Waals surface area contributed by atoms with Crippen LogP contribution in [0.5, 0.6) is 11.5 Å². The predicted molar refractivity (Wildman–Crippen MR) is 102 cm³/mol. The zero-order valence-corrected chi connectivity index (χ0v) is 15.2. The number of rotatable bonds is 3. The van der Waals surface area contributed by atoms with E-state index in [4.69, 9.17) is 9.47 Å². The molecule has 7 heteroatoms. The molecule has 2 aromatic carbocycles. The monoisotopic (exact) mass is 367 g/mol. The average Bonchev–Trinajstić information content (AvgIpc) is 3.26. The maximum absolute atomic E-state index is 12.7. The fourth-order valence-corrected chi connectivity index (χ4v) is 3.78. The van der Waals surface area contributed by atoms with Gasteiger partial charge in [0.25, 0.3) is 0 Å². The van der Waals surface area contributed by atoms with Gasteiger partial charge in [-0.15, -0.1) is 0 Å². The first-order valence-electron chi connectivity index (χ1n) is 8.76. The molecule has 27 heavy (non-hydrogen) atoms. The first kappa shape index (κ1) is 17.2. The Morgan fingerprint density at radius 1 is 1.11 bits per heavy atom. The molecule has 2 aliphatic rings. The molecule has 2 aromatic rings. The summed E-state index contributed by atoms with van der Waals surface area (Å²) in [5, 5.41) is 5.81. The fraction of sp³-hybridized carbons (Fsp3) is 0.300. The van der Waals surface area contributed by atoms with E-state index >= 15 is 0 Å². The molecule has 0 unspecified atom stereocenters. The number of carbonyl (C=O) groups excluding carboxylic acids is 2. The molecule has 1 saturated heterocycles. The van der Waals surface area contributed by atoms with Gasteiger partial charge in [-0.2, -0.15) is 0 Å². The summed E-state index contributed by atoms with van der Waals surface area (Å²) < 4.78 is 10.4. The molecule has 0 aromatic heterocycles. The van der Waals surface area contributed by atoms with Crippen LogP contribution >= 0.6 is 0 Å². The highest BCUT2D eigenvalue weighted by molar-refractivity contribution is 6.07. The maximum Gasteiger partial charge on any atom is 0.321 e. The minimum Gasteiger partial charge on any atom is -0.497 e. The van der Waals surface area contributed by atoms with Gasteiger partial charge in [-0.3, -0.25) is 4.79 Å². The lowest BCUT2D eigenvalue weighted by atomic mass is 9.81. The van der Waals surface area contributed by atoms with Crippen molar-refractivity contribution >= 4 is 23.3 Å². The molecule has 1 spiro atoms. The number of ether oxygens (including phenoxy) is 2. The van der Waals surface area contributed by atoms with Crippen molar-refractivity contribution < 1.29 is 19.1 Å². The largest absolute Gasteiger partial charge is 0.497 e. The molecule has 2 aliphatic heterocycles. The molecule has 0 aliphatic carbocycles. The zero-order valence-electron chi connectivity index (χ0n) is 15.2. The molecule has 0 bridgehead atoms. The molecular formula is C20H21N3O4. The Balaban J connectivity index is 1.53. The number of carbonyl (C=O) groups is 2. The van der Waals surface area contributed by atoms with Crippen molar-refractivity contribution in [3.05, 3.63) is 48.0 Å². The number of anilines is 2. The molecular weight excluding hydrogens is 346 g/mol. The molecule has 7 nitrogen and oxygen atoms in total. The van der Waals surface area contributed by atoms with Gasteiger partial charge < -0.3 is 25.0 Å². The summed E-state index contributed by atoms with van der Waals surface area (Å²) in [6.07, 6.45) is 0.578. The van der Waals surface area contributed by atoms with Crippen molar-refractivity contribution in [2.45, 2.75) is 11.8 Å². The van der Waals surface area contributed by atoms with E-state index in [1.807, 2.05) is 18.2 Å². The summed E-state index contributed by atoms with van der Waals surface area (Å²) in [6, 6.07) is 12.5. The summed E-state index contributed by atoms with van der Waals surface area (Å²) in [5.74, 6) is 1.36. The van der Waals surface area contributed by atoms with Gasteiger partial charge in [-0.25, -0.2) is 4.79 Å². The number of amides is 3. The van der Waals surface area contributed by atoms with Crippen LogP contribution in [0.2, 0.25) is 0 Å². The van der Waals surface area contributed by atoms with Gasteiger partial charge in [0.1, 0.15) is 11.5 Å². The van der Waals surface area contributed by atoms with E-state index in [1.165, 1.54) is 0 Å². The van der Waals surface area contributed by atoms with Crippen LogP contribution in [0.4, 0.5) is 16.2 Å². The third-order valence-corrected chi connectivity index (χ3v) is 5.32. The second kappa shape index (κ2) is 6.50. The standard InChI is InChI=1S/C20H21N3O4/c1-26-14-5-3-13(4-6-14)21-19(25)23-10-9-20(12-23)16-11-15(27-2)7-8-17(16)22-18(20)24/h3-8,11H,9-10,12H2,1-2H3,(H,21,25)(H,22,24)/t20-/m1/s1. The third-order valence-electron chi connectivity index (χ3n) is 5.32. The number of likely N-dealkylation sites (tertiary alicyclic amines) is 1. The highest BCUT2D eigenvalue weighted by atomic mass is 16.5. The average molecular weight is 367 g/mol. The Labute approximate surface area is 157 Å². The Hall–Kier alpha value is -3.22. The van der Waals surface area contributed by atoms with Crippen molar-refractivity contribution in [3.63, 3.8) is 0 Å². The number of urea groups is 1. The molecule has 2 heterocycles. The predicted octanol–water partition coefficient (Wildman–Crippen LogP) is 2.83. The topological polar surface area (TPSA) is 79.9 Å². The van der Waals surface area contributed by atoms with Crippen molar-refractivity contribution in [2.24, 2.45) is 0 Å². The van der Waals surface area contributed by atoms with Gasteiger partial charge in [-0.05, 0) is 54.4 Å². The van der Waals surface area contributed by atoms with Crippen molar-refractivity contribution in [1.29, 1.82) is 0 Å². The van der Waals surface area contributed by atoms with Crippen molar-refractivity contribution in [3.8, 4) is 11.5 Å². The fourth-order valence-electron chi connectivity index (χ4n) is 3.78. The first-order valence-corrected chi connectivity index (χ1v) is 8.76. The molecule has 0 radical (unpaired) electrons. The molecule has 3 amide bonds. The first-order chi connectivity index (χ1) is 13.1. The number of nitrogens with one attached hydrogen (secondary N) is 2. The minimum absolute atomic E-state index is 0.0644. The zero-order chi connectivity index (χ0) is 19.0. The molecule has 0 saturated carbocycles. The second-order valence-corrected chi connectivity index (χ2v) is 6.78. The third kappa shape index (κ3) is 2.85. The lowest BCUT2D eigenvalue weighted by Crippen LogP contribution is -2.40. The molecule has 1 atom stereocenters. The number of nitrogens with zero attached hydrogens (tertiary/aromatic N) is 1. The van der Waals surface area contributed by atoms with Gasteiger partial charge in [0.15, 0.2) is 0 Å². The second-order valence-electron chi connectivity index (χ2n) is 6.78. The molecule has 1 fully saturated rings. The van der Waals surface area contributed by atoms with Crippen LogP contribution in [0.25, 0.3) is 0 Å². The number of hydrogen-bond donors (Lipinski definition) is 2. The van der Waals surface area contributed by atoms with Gasteiger partial charge in [0, 0.05) is 24.5 Å². The van der Waals surface area contributed by atoms with E-state index < -0.39 is 5.41 Å². The number of benzene rings is 2. The Morgan fingerprint density at radius 2 is 1.81 bits per heavy atom. The summed E-state index contributed by atoms with van der Waals surface area (Å²) in [7, 11) is 3.19. The Kier molecular flexibility index (Phi) is 4.14. The van der Waals surface area contributed by atoms with E-state index in [0.717, 1.165) is 17.0 Å². The molecule has 140 valence electrons. The highest BCUT2D eigenvalue weighted by Crippen LogP contribution is 2.45. The van der Waals surface area contributed by atoms with E-state index in [1.54, 1.807) is 43.4 Å². The van der Waals surface area contributed by atoms with E-state index in [0.29, 0.717) is 30.9 Å². The van der Waals surface area contributed by atoms with Crippen LogP contribution < -0.4 is 20.1 Å². The smallest absolute Gasteiger partial charge is 0.321 e. The van der Waals surface area contributed by atoms with Crippen LogP contribution in [0.15, 0.2) is 42.5 Å². The van der Waals surface area contributed by atoms with Crippen molar-refractivity contribution in [1.82, 2.24) is 4.90 Å². The van der Waals surface area contributed by atoms with Crippen molar-refractivity contribution in [2.75, 3.05) is 37.9 Å².